The number of methoxy groups -OCH3 is 2. The Hall–Kier alpha value is -1.61. The lowest BCUT2D eigenvalue weighted by molar-refractivity contribution is 0.354. The summed E-state index contributed by atoms with van der Waals surface area (Å²) in [7, 11) is 3.24. The van der Waals surface area contributed by atoms with Crippen molar-refractivity contribution in [2.75, 3.05) is 14.2 Å². The van der Waals surface area contributed by atoms with Crippen molar-refractivity contribution in [1.82, 2.24) is 0 Å². The van der Waals surface area contributed by atoms with E-state index in [-0.39, 0.29) is 5.38 Å². The molecular formula is C14H15ClO3. The molecule has 0 spiro atoms. The summed E-state index contributed by atoms with van der Waals surface area (Å²) in [6, 6.07) is 7.68. The molecule has 1 heterocycles. The fourth-order valence-corrected chi connectivity index (χ4v) is 2.09. The summed E-state index contributed by atoms with van der Waals surface area (Å²) in [5.74, 6) is 1.43. The zero-order chi connectivity index (χ0) is 13.0. The van der Waals surface area contributed by atoms with Gasteiger partial charge in [-0.2, -0.15) is 0 Å². The minimum atomic E-state index is -0.109. The van der Waals surface area contributed by atoms with Gasteiger partial charge in [0.1, 0.15) is 0 Å². The van der Waals surface area contributed by atoms with Gasteiger partial charge < -0.3 is 13.9 Å². The summed E-state index contributed by atoms with van der Waals surface area (Å²) < 4.78 is 15.5. The number of rotatable bonds is 5. The van der Waals surface area contributed by atoms with Gasteiger partial charge in [-0.1, -0.05) is 6.07 Å². The van der Waals surface area contributed by atoms with Crippen LogP contribution in [0.5, 0.6) is 11.5 Å². The third-order valence-electron chi connectivity index (χ3n) is 2.77. The van der Waals surface area contributed by atoms with Gasteiger partial charge in [-0.3, -0.25) is 0 Å². The van der Waals surface area contributed by atoms with Crippen LogP contribution in [0.2, 0.25) is 0 Å². The average Bonchev–Trinajstić information content (AvgIpc) is 2.92. The van der Waals surface area contributed by atoms with Gasteiger partial charge in [0, 0.05) is 5.56 Å². The van der Waals surface area contributed by atoms with Crippen LogP contribution in [-0.2, 0) is 6.42 Å². The third-order valence-corrected chi connectivity index (χ3v) is 3.17. The van der Waals surface area contributed by atoms with Crippen LogP contribution in [-0.4, -0.2) is 14.2 Å². The number of hydrogen-bond donors (Lipinski definition) is 0. The van der Waals surface area contributed by atoms with Crippen molar-refractivity contribution in [2.24, 2.45) is 0 Å². The fraction of sp³-hybridized carbons (Fsp3) is 0.286. The number of alkyl halides is 1. The number of hydrogen-bond acceptors (Lipinski definition) is 3. The van der Waals surface area contributed by atoms with E-state index in [9.17, 15) is 0 Å². The molecule has 0 fully saturated rings. The highest BCUT2D eigenvalue weighted by molar-refractivity contribution is 6.20. The summed E-state index contributed by atoms with van der Waals surface area (Å²) >= 11 is 6.32. The largest absolute Gasteiger partial charge is 0.493 e. The molecular weight excluding hydrogens is 252 g/mol. The van der Waals surface area contributed by atoms with Gasteiger partial charge in [-0.05, 0) is 30.2 Å². The predicted octanol–water partition coefficient (Wildman–Crippen LogP) is 3.82. The minimum Gasteiger partial charge on any atom is -0.493 e. The molecule has 1 unspecified atom stereocenters. The first-order chi connectivity index (χ1) is 8.74. The van der Waals surface area contributed by atoms with Crippen molar-refractivity contribution >= 4 is 11.6 Å². The number of ether oxygens (including phenoxy) is 2. The molecule has 0 aliphatic heterocycles. The second-order valence-corrected chi connectivity index (χ2v) is 4.44. The highest BCUT2D eigenvalue weighted by Gasteiger charge is 2.12. The molecule has 0 amide bonds. The second-order valence-electron chi connectivity index (χ2n) is 3.92. The Bertz CT molecular complexity index is 494. The Balaban J connectivity index is 2.14. The van der Waals surface area contributed by atoms with Crippen molar-refractivity contribution < 1.29 is 13.9 Å². The van der Waals surface area contributed by atoms with Gasteiger partial charge in [0.05, 0.1) is 32.1 Å². The predicted molar refractivity (Wildman–Crippen MR) is 70.6 cm³/mol. The monoisotopic (exact) mass is 266 g/mol. The average molecular weight is 267 g/mol. The van der Waals surface area contributed by atoms with Gasteiger partial charge in [-0.15, -0.1) is 11.6 Å². The zero-order valence-electron chi connectivity index (χ0n) is 10.4. The fourth-order valence-electron chi connectivity index (χ4n) is 1.79. The quantitative estimate of drug-likeness (QED) is 0.771. The van der Waals surface area contributed by atoms with Crippen molar-refractivity contribution in [3.63, 3.8) is 0 Å². The van der Waals surface area contributed by atoms with Crippen molar-refractivity contribution in [3.8, 4) is 11.5 Å². The highest BCUT2D eigenvalue weighted by Crippen LogP contribution is 2.31. The number of furan rings is 1. The lowest BCUT2D eigenvalue weighted by atomic mass is 10.1. The van der Waals surface area contributed by atoms with Crippen LogP contribution in [0.1, 0.15) is 16.5 Å². The molecule has 0 aliphatic rings. The van der Waals surface area contributed by atoms with E-state index >= 15 is 0 Å². The van der Waals surface area contributed by atoms with Crippen LogP contribution in [0, 0.1) is 0 Å². The first-order valence-electron chi connectivity index (χ1n) is 5.61. The Kier molecular flexibility index (Phi) is 4.15. The lowest BCUT2D eigenvalue weighted by Gasteiger charge is -2.11. The molecule has 0 N–H and O–H groups in total. The molecule has 0 saturated heterocycles. The molecule has 3 nitrogen and oxygen atoms in total. The van der Waals surface area contributed by atoms with Crippen LogP contribution in [0.3, 0.4) is 0 Å². The standard InChI is InChI=1S/C14H15ClO3/c1-16-13-4-3-10(8-14(13)17-2)7-12(15)11-5-6-18-9-11/h3-6,8-9,12H,7H2,1-2H3. The second kappa shape index (κ2) is 5.83. The maximum Gasteiger partial charge on any atom is 0.160 e. The minimum absolute atomic E-state index is 0.109. The van der Waals surface area contributed by atoms with Crippen molar-refractivity contribution in [2.45, 2.75) is 11.8 Å². The maximum absolute atomic E-state index is 6.32. The van der Waals surface area contributed by atoms with E-state index in [0.29, 0.717) is 12.2 Å². The van der Waals surface area contributed by atoms with Gasteiger partial charge >= 0.3 is 0 Å². The topological polar surface area (TPSA) is 31.6 Å². The molecule has 0 saturated carbocycles. The molecule has 1 aromatic heterocycles. The number of halogens is 1. The molecule has 1 atom stereocenters. The Morgan fingerprint density at radius 2 is 1.94 bits per heavy atom. The molecule has 2 aromatic rings. The molecule has 0 aliphatic carbocycles. The Morgan fingerprint density at radius 1 is 1.17 bits per heavy atom. The normalized spacial score (nSPS) is 12.2. The SMILES string of the molecule is COc1ccc(CC(Cl)c2ccoc2)cc1OC. The van der Waals surface area contributed by atoms with Crippen LogP contribution in [0.4, 0.5) is 0 Å². The van der Waals surface area contributed by atoms with Crippen LogP contribution < -0.4 is 9.47 Å². The highest BCUT2D eigenvalue weighted by atomic mass is 35.5. The Labute approximate surface area is 111 Å². The third kappa shape index (κ3) is 2.79. The van der Waals surface area contributed by atoms with E-state index < -0.39 is 0 Å². The van der Waals surface area contributed by atoms with E-state index in [2.05, 4.69) is 0 Å². The maximum atomic E-state index is 6.32. The smallest absolute Gasteiger partial charge is 0.160 e. The van der Waals surface area contributed by atoms with Gasteiger partial charge in [0.15, 0.2) is 11.5 Å². The molecule has 0 bridgehead atoms. The molecule has 1 aromatic carbocycles. The van der Waals surface area contributed by atoms with Crippen molar-refractivity contribution in [3.05, 3.63) is 47.9 Å². The van der Waals surface area contributed by atoms with Crippen molar-refractivity contribution in [1.29, 1.82) is 0 Å². The molecule has 96 valence electrons. The molecule has 4 heteroatoms. The first-order valence-corrected chi connectivity index (χ1v) is 6.05. The number of benzene rings is 1. The van der Waals surface area contributed by atoms with Crippen LogP contribution in [0.15, 0.2) is 41.2 Å². The van der Waals surface area contributed by atoms with E-state index in [1.54, 1.807) is 26.7 Å². The van der Waals surface area contributed by atoms with Crippen LogP contribution >= 0.6 is 11.6 Å². The van der Waals surface area contributed by atoms with E-state index in [0.717, 1.165) is 16.9 Å². The zero-order valence-corrected chi connectivity index (χ0v) is 11.1. The summed E-state index contributed by atoms with van der Waals surface area (Å²) in [6.07, 6.45) is 4.00. The molecule has 18 heavy (non-hydrogen) atoms. The summed E-state index contributed by atoms with van der Waals surface area (Å²) in [5, 5.41) is -0.109. The van der Waals surface area contributed by atoms with E-state index in [4.69, 9.17) is 25.5 Å². The van der Waals surface area contributed by atoms with Gasteiger partial charge in [-0.25, -0.2) is 0 Å². The Morgan fingerprint density at radius 3 is 2.56 bits per heavy atom. The summed E-state index contributed by atoms with van der Waals surface area (Å²) in [6.45, 7) is 0. The van der Waals surface area contributed by atoms with Gasteiger partial charge in [0.25, 0.3) is 0 Å². The molecule has 0 radical (unpaired) electrons. The van der Waals surface area contributed by atoms with Crippen LogP contribution in [0.25, 0.3) is 0 Å². The lowest BCUT2D eigenvalue weighted by Crippen LogP contribution is -1.96. The van der Waals surface area contributed by atoms with E-state index in [1.807, 2.05) is 24.3 Å². The van der Waals surface area contributed by atoms with Gasteiger partial charge in [0.2, 0.25) is 0 Å². The van der Waals surface area contributed by atoms with E-state index in [1.165, 1.54) is 0 Å². The summed E-state index contributed by atoms with van der Waals surface area (Å²) in [4.78, 5) is 0. The first kappa shape index (κ1) is 12.8. The molecule has 2 rings (SSSR count). The summed E-state index contributed by atoms with van der Waals surface area (Å²) in [5.41, 5.74) is 2.07.